The van der Waals surface area contributed by atoms with Gasteiger partial charge in [0.2, 0.25) is 0 Å². The molecule has 1 aromatic rings. The van der Waals surface area contributed by atoms with Gasteiger partial charge in [0.1, 0.15) is 5.75 Å². The van der Waals surface area contributed by atoms with Crippen molar-refractivity contribution >= 4 is 12.6 Å². The number of rotatable bonds is 6. The topological polar surface area (TPSA) is 61.7 Å². The smallest absolute Gasteiger partial charge is 0.488 e. The lowest BCUT2D eigenvalue weighted by atomic mass is 9.79. The van der Waals surface area contributed by atoms with E-state index in [1.807, 2.05) is 19.1 Å². The van der Waals surface area contributed by atoms with Crippen LogP contribution in [0.25, 0.3) is 0 Å². The van der Waals surface area contributed by atoms with E-state index in [9.17, 15) is 10.0 Å². The van der Waals surface area contributed by atoms with Crippen molar-refractivity contribution in [2.75, 3.05) is 6.61 Å². The number of benzene rings is 1. The van der Waals surface area contributed by atoms with E-state index in [1.165, 1.54) is 32.1 Å². The molecular weight excluding hydrogens is 253 g/mol. The SMILES string of the molecule is CCOc1ccc(B(O)O)cc1CNC1CCCCC1. The van der Waals surface area contributed by atoms with Crippen LogP contribution in [0.5, 0.6) is 5.75 Å². The highest BCUT2D eigenvalue weighted by Crippen LogP contribution is 2.20. The molecule has 1 saturated carbocycles. The average Bonchev–Trinajstić information content (AvgIpc) is 2.47. The molecule has 1 aromatic carbocycles. The largest absolute Gasteiger partial charge is 0.494 e. The van der Waals surface area contributed by atoms with E-state index in [-0.39, 0.29) is 0 Å². The van der Waals surface area contributed by atoms with Crippen molar-refractivity contribution in [1.29, 1.82) is 0 Å². The molecule has 1 fully saturated rings. The summed E-state index contributed by atoms with van der Waals surface area (Å²) in [5, 5.41) is 22.1. The number of ether oxygens (including phenoxy) is 1. The molecule has 2 rings (SSSR count). The third-order valence-electron chi connectivity index (χ3n) is 3.87. The molecule has 3 N–H and O–H groups in total. The van der Waals surface area contributed by atoms with Crippen molar-refractivity contribution in [2.24, 2.45) is 0 Å². The van der Waals surface area contributed by atoms with Gasteiger partial charge in [0.25, 0.3) is 0 Å². The first-order valence-corrected chi connectivity index (χ1v) is 7.56. The maximum Gasteiger partial charge on any atom is 0.488 e. The van der Waals surface area contributed by atoms with Crippen molar-refractivity contribution in [2.45, 2.75) is 51.6 Å². The van der Waals surface area contributed by atoms with Gasteiger partial charge in [-0.25, -0.2) is 0 Å². The number of nitrogens with one attached hydrogen (secondary N) is 1. The van der Waals surface area contributed by atoms with Crippen LogP contribution in [0.2, 0.25) is 0 Å². The van der Waals surface area contributed by atoms with E-state index in [2.05, 4.69) is 5.32 Å². The first-order chi connectivity index (χ1) is 9.70. The van der Waals surface area contributed by atoms with E-state index < -0.39 is 7.12 Å². The minimum Gasteiger partial charge on any atom is -0.494 e. The fraction of sp³-hybridized carbons (Fsp3) is 0.600. The zero-order valence-electron chi connectivity index (χ0n) is 12.1. The maximum absolute atomic E-state index is 9.28. The molecule has 0 bridgehead atoms. The quantitative estimate of drug-likeness (QED) is 0.683. The van der Waals surface area contributed by atoms with Gasteiger partial charge in [0.15, 0.2) is 0 Å². The van der Waals surface area contributed by atoms with Crippen LogP contribution in [0.4, 0.5) is 0 Å². The Morgan fingerprint density at radius 1 is 1.25 bits per heavy atom. The van der Waals surface area contributed by atoms with Crippen molar-refractivity contribution in [3.8, 4) is 5.75 Å². The summed E-state index contributed by atoms with van der Waals surface area (Å²) < 4.78 is 5.61. The summed E-state index contributed by atoms with van der Waals surface area (Å²) >= 11 is 0. The zero-order chi connectivity index (χ0) is 14.4. The van der Waals surface area contributed by atoms with Crippen LogP contribution in [0.1, 0.15) is 44.6 Å². The van der Waals surface area contributed by atoms with Crippen LogP contribution in [-0.4, -0.2) is 29.8 Å². The first-order valence-electron chi connectivity index (χ1n) is 7.56. The fourth-order valence-electron chi connectivity index (χ4n) is 2.76. The van der Waals surface area contributed by atoms with Crippen molar-refractivity contribution in [3.05, 3.63) is 23.8 Å². The monoisotopic (exact) mass is 277 g/mol. The fourth-order valence-corrected chi connectivity index (χ4v) is 2.76. The molecule has 0 unspecified atom stereocenters. The predicted molar refractivity (Wildman–Crippen MR) is 81.1 cm³/mol. The number of hydrogen-bond acceptors (Lipinski definition) is 4. The minimum atomic E-state index is -1.43. The molecule has 1 aliphatic carbocycles. The highest BCUT2D eigenvalue weighted by molar-refractivity contribution is 6.58. The van der Waals surface area contributed by atoms with Crippen LogP contribution in [-0.2, 0) is 6.54 Å². The Bertz CT molecular complexity index is 420. The van der Waals surface area contributed by atoms with Gasteiger partial charge in [-0.1, -0.05) is 31.4 Å². The summed E-state index contributed by atoms with van der Waals surface area (Å²) in [6, 6.07) is 5.89. The Morgan fingerprint density at radius 2 is 2.00 bits per heavy atom. The third kappa shape index (κ3) is 4.23. The van der Waals surface area contributed by atoms with Crippen LogP contribution >= 0.6 is 0 Å². The van der Waals surface area contributed by atoms with Gasteiger partial charge in [-0.3, -0.25) is 0 Å². The lowest BCUT2D eigenvalue weighted by Gasteiger charge is -2.23. The van der Waals surface area contributed by atoms with E-state index in [4.69, 9.17) is 4.74 Å². The van der Waals surface area contributed by atoms with Crippen LogP contribution < -0.4 is 15.5 Å². The Morgan fingerprint density at radius 3 is 2.65 bits per heavy atom. The standard InChI is InChI=1S/C15H24BNO3/c1-2-20-15-9-8-13(16(18)19)10-12(15)11-17-14-6-4-3-5-7-14/h8-10,14,17-19H,2-7,11H2,1H3. The Balaban J connectivity index is 2.04. The highest BCUT2D eigenvalue weighted by Gasteiger charge is 2.16. The summed E-state index contributed by atoms with van der Waals surface area (Å²) in [6.45, 7) is 3.27. The van der Waals surface area contributed by atoms with Gasteiger partial charge in [0, 0.05) is 18.2 Å². The van der Waals surface area contributed by atoms with E-state index in [1.54, 1.807) is 6.07 Å². The van der Waals surface area contributed by atoms with E-state index >= 15 is 0 Å². The molecule has 0 radical (unpaired) electrons. The second-order valence-corrected chi connectivity index (χ2v) is 5.39. The summed E-state index contributed by atoms with van der Waals surface area (Å²) in [7, 11) is -1.43. The van der Waals surface area contributed by atoms with Crippen LogP contribution in [0.3, 0.4) is 0 Å². The minimum absolute atomic E-state index is 0.508. The van der Waals surface area contributed by atoms with Gasteiger partial charge in [-0.05, 0) is 31.3 Å². The Kier molecular flexibility index (Phi) is 5.89. The maximum atomic E-state index is 9.28. The lowest BCUT2D eigenvalue weighted by Crippen LogP contribution is -2.33. The van der Waals surface area contributed by atoms with Gasteiger partial charge in [0.05, 0.1) is 6.61 Å². The highest BCUT2D eigenvalue weighted by atomic mass is 16.5. The van der Waals surface area contributed by atoms with E-state index in [0.29, 0.717) is 24.7 Å². The summed E-state index contributed by atoms with van der Waals surface area (Å²) in [6.07, 6.45) is 6.39. The molecule has 0 amide bonds. The Labute approximate surface area is 121 Å². The third-order valence-corrected chi connectivity index (χ3v) is 3.87. The van der Waals surface area contributed by atoms with Crippen molar-refractivity contribution in [1.82, 2.24) is 5.32 Å². The molecule has 4 nitrogen and oxygen atoms in total. The predicted octanol–water partition coefficient (Wildman–Crippen LogP) is 1.19. The zero-order valence-corrected chi connectivity index (χ0v) is 12.1. The van der Waals surface area contributed by atoms with Crippen molar-refractivity contribution < 1.29 is 14.8 Å². The molecule has 0 aromatic heterocycles. The molecular formula is C15H24BNO3. The number of hydrogen-bond donors (Lipinski definition) is 3. The van der Waals surface area contributed by atoms with Crippen LogP contribution in [0.15, 0.2) is 18.2 Å². The molecule has 0 heterocycles. The first kappa shape index (κ1) is 15.4. The van der Waals surface area contributed by atoms with E-state index in [0.717, 1.165) is 11.3 Å². The lowest BCUT2D eigenvalue weighted by molar-refractivity contribution is 0.330. The molecule has 20 heavy (non-hydrogen) atoms. The molecule has 5 heteroatoms. The summed E-state index contributed by atoms with van der Waals surface area (Å²) in [4.78, 5) is 0. The second-order valence-electron chi connectivity index (χ2n) is 5.39. The molecule has 0 spiro atoms. The van der Waals surface area contributed by atoms with Gasteiger partial charge in [-0.2, -0.15) is 0 Å². The normalized spacial score (nSPS) is 16.1. The molecule has 1 aliphatic rings. The molecule has 110 valence electrons. The molecule has 0 saturated heterocycles. The molecule has 0 aliphatic heterocycles. The second kappa shape index (κ2) is 7.67. The van der Waals surface area contributed by atoms with Gasteiger partial charge in [-0.15, -0.1) is 0 Å². The summed E-state index contributed by atoms with van der Waals surface area (Å²) in [5.41, 5.74) is 1.50. The Hall–Kier alpha value is -1.04. The molecule has 0 atom stereocenters. The van der Waals surface area contributed by atoms with Crippen LogP contribution in [0, 0.1) is 0 Å². The van der Waals surface area contributed by atoms with Crippen molar-refractivity contribution in [3.63, 3.8) is 0 Å². The average molecular weight is 277 g/mol. The summed E-state index contributed by atoms with van der Waals surface area (Å²) in [5.74, 6) is 0.820. The van der Waals surface area contributed by atoms with Gasteiger partial charge < -0.3 is 20.1 Å². The van der Waals surface area contributed by atoms with Gasteiger partial charge >= 0.3 is 7.12 Å².